The van der Waals surface area contributed by atoms with Gasteiger partial charge in [-0.2, -0.15) is 8.78 Å². The normalized spacial score (nSPS) is 16.9. The van der Waals surface area contributed by atoms with Crippen LogP contribution in [0.1, 0.15) is 32.1 Å². The van der Waals surface area contributed by atoms with Crippen molar-refractivity contribution in [3.63, 3.8) is 0 Å². The molecule has 1 rings (SSSR count). The van der Waals surface area contributed by atoms with Crippen LogP contribution < -0.4 is 5.32 Å². The van der Waals surface area contributed by atoms with E-state index in [1.54, 1.807) is 0 Å². The van der Waals surface area contributed by atoms with E-state index in [9.17, 15) is 22.4 Å². The minimum Gasteiger partial charge on any atom is -0.350 e. The number of nitrogens with one attached hydrogen (secondary N) is 1. The number of carbonyl (C=O) groups excluding carboxylic acids is 1. The Morgan fingerprint density at radius 1 is 1.41 bits per heavy atom. The predicted molar refractivity (Wildman–Crippen MR) is 55.1 cm³/mol. The van der Waals surface area contributed by atoms with Gasteiger partial charge in [-0.25, -0.2) is 8.78 Å². The van der Waals surface area contributed by atoms with Gasteiger partial charge in [0.25, 0.3) is 5.91 Å². The van der Waals surface area contributed by atoms with Crippen molar-refractivity contribution >= 4 is 5.91 Å². The molecule has 98 valence electrons. The topological polar surface area (TPSA) is 29.1 Å². The predicted octanol–water partition coefficient (Wildman–Crippen LogP) is 2.89. The summed E-state index contributed by atoms with van der Waals surface area (Å²) in [6.07, 6.45) is 2.51. The summed E-state index contributed by atoms with van der Waals surface area (Å²) in [6.45, 7) is -0.0209. The quantitative estimate of drug-likeness (QED) is 0.592. The van der Waals surface area contributed by atoms with Crippen LogP contribution in [0.5, 0.6) is 0 Å². The second kappa shape index (κ2) is 6.02. The van der Waals surface area contributed by atoms with Crippen molar-refractivity contribution in [1.29, 1.82) is 0 Å². The zero-order chi connectivity index (χ0) is 12.9. The van der Waals surface area contributed by atoms with E-state index >= 15 is 0 Å². The molecule has 6 heteroatoms. The molecule has 0 fully saturated rings. The molecular weight excluding hydrogens is 238 g/mol. The van der Waals surface area contributed by atoms with Crippen LogP contribution in [0.25, 0.3) is 0 Å². The van der Waals surface area contributed by atoms with Gasteiger partial charge in [-0.3, -0.25) is 4.79 Å². The molecule has 0 heterocycles. The molecule has 1 N–H and O–H groups in total. The van der Waals surface area contributed by atoms with Crippen LogP contribution in [0.3, 0.4) is 0 Å². The average molecular weight is 253 g/mol. The molecule has 0 aromatic heterocycles. The first kappa shape index (κ1) is 14.0. The molecule has 2 nitrogen and oxygen atoms in total. The fraction of sp³-hybridized carbons (Fsp3) is 0.727. The molecule has 0 aliphatic heterocycles. The van der Waals surface area contributed by atoms with Gasteiger partial charge in [0.05, 0.1) is 0 Å². The van der Waals surface area contributed by atoms with Gasteiger partial charge in [0.15, 0.2) is 0 Å². The maximum absolute atomic E-state index is 12.5. The Hall–Kier alpha value is -1.07. The van der Waals surface area contributed by atoms with E-state index in [4.69, 9.17) is 0 Å². The van der Waals surface area contributed by atoms with Gasteiger partial charge >= 0.3 is 12.3 Å². The third-order valence-corrected chi connectivity index (χ3v) is 2.69. The van der Waals surface area contributed by atoms with Crippen molar-refractivity contribution in [2.45, 2.75) is 44.5 Å². The lowest BCUT2D eigenvalue weighted by Gasteiger charge is -2.16. The number of hydrogen-bond donors (Lipinski definition) is 1. The molecule has 17 heavy (non-hydrogen) atoms. The molecular formula is C11H15F4NO. The molecule has 0 saturated heterocycles. The van der Waals surface area contributed by atoms with Crippen LogP contribution in [-0.4, -0.2) is 24.8 Å². The molecule has 1 aliphatic carbocycles. The van der Waals surface area contributed by atoms with Crippen LogP contribution in [0.15, 0.2) is 11.6 Å². The summed E-state index contributed by atoms with van der Waals surface area (Å²) in [7, 11) is 0. The van der Waals surface area contributed by atoms with Crippen LogP contribution in [0, 0.1) is 0 Å². The van der Waals surface area contributed by atoms with Crippen molar-refractivity contribution < 1.29 is 22.4 Å². The Bertz CT molecular complexity index is 302. The average Bonchev–Trinajstić information content (AvgIpc) is 2.30. The molecule has 0 aromatic carbocycles. The Morgan fingerprint density at radius 2 is 2.12 bits per heavy atom. The summed E-state index contributed by atoms with van der Waals surface area (Å²) in [5.41, 5.74) is 1.09. The van der Waals surface area contributed by atoms with E-state index in [1.165, 1.54) is 0 Å². The van der Waals surface area contributed by atoms with Gasteiger partial charge in [0.1, 0.15) is 0 Å². The molecule has 0 spiro atoms. The zero-order valence-corrected chi connectivity index (χ0v) is 9.32. The van der Waals surface area contributed by atoms with E-state index in [1.807, 2.05) is 11.4 Å². The van der Waals surface area contributed by atoms with E-state index < -0.39 is 18.3 Å². The van der Waals surface area contributed by atoms with Crippen molar-refractivity contribution in [1.82, 2.24) is 5.32 Å². The standard InChI is InChI=1S/C11H15F4NO/c12-9(13)11(14,15)10(17)16-7-6-8-4-2-1-3-5-8/h4,9H,1-3,5-7H2,(H,16,17). The highest BCUT2D eigenvalue weighted by Crippen LogP contribution is 2.23. The van der Waals surface area contributed by atoms with Gasteiger partial charge < -0.3 is 5.32 Å². The highest BCUT2D eigenvalue weighted by molar-refractivity contribution is 5.83. The van der Waals surface area contributed by atoms with Gasteiger partial charge in [-0.05, 0) is 32.1 Å². The smallest absolute Gasteiger partial charge is 0.350 e. The maximum atomic E-state index is 12.5. The first-order chi connectivity index (χ1) is 7.94. The van der Waals surface area contributed by atoms with Crippen molar-refractivity contribution in [2.24, 2.45) is 0 Å². The van der Waals surface area contributed by atoms with E-state index in [0.717, 1.165) is 31.3 Å². The third kappa shape index (κ3) is 4.02. The lowest BCUT2D eigenvalue weighted by atomic mass is 9.97. The molecule has 0 atom stereocenters. The van der Waals surface area contributed by atoms with E-state index in [-0.39, 0.29) is 6.54 Å². The number of hydrogen-bond acceptors (Lipinski definition) is 1. The molecule has 0 unspecified atom stereocenters. The van der Waals surface area contributed by atoms with Crippen LogP contribution in [0.4, 0.5) is 17.6 Å². The number of carbonyl (C=O) groups is 1. The van der Waals surface area contributed by atoms with Crippen molar-refractivity contribution in [3.05, 3.63) is 11.6 Å². The number of halogens is 4. The second-order valence-corrected chi connectivity index (χ2v) is 4.04. The summed E-state index contributed by atoms with van der Waals surface area (Å²) in [5, 5.41) is 1.84. The molecule has 0 radical (unpaired) electrons. The third-order valence-electron chi connectivity index (χ3n) is 2.69. The molecule has 1 amide bonds. The SMILES string of the molecule is O=C(NCCC1=CCCCC1)C(F)(F)C(F)F. The number of rotatable bonds is 5. The molecule has 0 saturated carbocycles. The molecule has 0 aromatic rings. The van der Waals surface area contributed by atoms with Crippen molar-refractivity contribution in [2.75, 3.05) is 6.54 Å². The van der Waals surface area contributed by atoms with E-state index in [0.29, 0.717) is 6.42 Å². The summed E-state index contributed by atoms with van der Waals surface area (Å²) in [4.78, 5) is 10.8. The summed E-state index contributed by atoms with van der Waals surface area (Å²) >= 11 is 0. The van der Waals surface area contributed by atoms with Crippen LogP contribution in [-0.2, 0) is 4.79 Å². The van der Waals surface area contributed by atoms with Gasteiger partial charge in [0.2, 0.25) is 0 Å². The fourth-order valence-corrected chi connectivity index (χ4v) is 1.69. The Labute approximate surface area is 97.1 Å². The monoisotopic (exact) mass is 253 g/mol. The van der Waals surface area contributed by atoms with Gasteiger partial charge in [0, 0.05) is 6.54 Å². The second-order valence-electron chi connectivity index (χ2n) is 4.04. The number of allylic oxidation sites excluding steroid dienone is 1. The lowest BCUT2D eigenvalue weighted by Crippen LogP contribution is -2.45. The Balaban J connectivity index is 2.31. The van der Waals surface area contributed by atoms with E-state index in [2.05, 4.69) is 0 Å². The summed E-state index contributed by atoms with van der Waals surface area (Å²) in [6, 6.07) is 0. The first-order valence-corrected chi connectivity index (χ1v) is 5.56. The highest BCUT2D eigenvalue weighted by Gasteiger charge is 2.48. The zero-order valence-electron chi connectivity index (χ0n) is 9.32. The highest BCUT2D eigenvalue weighted by atomic mass is 19.3. The lowest BCUT2D eigenvalue weighted by molar-refractivity contribution is -0.169. The van der Waals surface area contributed by atoms with Crippen molar-refractivity contribution in [3.8, 4) is 0 Å². The summed E-state index contributed by atoms with van der Waals surface area (Å²) in [5.74, 6) is -6.50. The molecule has 1 aliphatic rings. The summed E-state index contributed by atoms with van der Waals surface area (Å²) < 4.78 is 48.7. The molecule has 0 bridgehead atoms. The van der Waals surface area contributed by atoms with Gasteiger partial charge in [-0.1, -0.05) is 11.6 Å². The first-order valence-electron chi connectivity index (χ1n) is 5.56. The Kier molecular flexibility index (Phi) is 4.96. The minimum atomic E-state index is -4.60. The van der Waals surface area contributed by atoms with Gasteiger partial charge in [-0.15, -0.1) is 0 Å². The van der Waals surface area contributed by atoms with Crippen LogP contribution >= 0.6 is 0 Å². The Morgan fingerprint density at radius 3 is 2.65 bits per heavy atom. The number of alkyl halides is 4. The largest absolute Gasteiger partial charge is 0.383 e. The minimum absolute atomic E-state index is 0.0209. The maximum Gasteiger partial charge on any atom is 0.383 e. The number of amides is 1. The van der Waals surface area contributed by atoms with Crippen LogP contribution in [0.2, 0.25) is 0 Å². The fourth-order valence-electron chi connectivity index (χ4n) is 1.69.